The van der Waals surface area contributed by atoms with Crippen LogP contribution in [0.5, 0.6) is 11.5 Å². The number of rotatable bonds is 0. The molecule has 2 heterocycles. The van der Waals surface area contributed by atoms with Crippen LogP contribution in [0, 0.1) is 20.8 Å². The minimum absolute atomic E-state index is 0.292. The van der Waals surface area contributed by atoms with Gasteiger partial charge in [-0.3, -0.25) is 0 Å². The van der Waals surface area contributed by atoms with E-state index in [-0.39, 0.29) is 5.97 Å². The van der Waals surface area contributed by atoms with Crippen LogP contribution in [0.1, 0.15) is 43.7 Å². The Morgan fingerprint density at radius 1 is 0.808 bits per heavy atom. The van der Waals surface area contributed by atoms with Gasteiger partial charge in [-0.05, 0) is 55.7 Å². The van der Waals surface area contributed by atoms with Crippen LogP contribution in [0.3, 0.4) is 0 Å². The quantitative estimate of drug-likeness (QED) is 0.528. The number of aryl methyl sites for hydroxylation is 3. The second-order valence-electron chi connectivity index (χ2n) is 7.17. The highest BCUT2D eigenvalue weighted by atomic mass is 16.6. The third-order valence-electron chi connectivity index (χ3n) is 5.30. The molecule has 3 aromatic carbocycles. The highest BCUT2D eigenvalue weighted by Crippen LogP contribution is 2.57. The van der Waals surface area contributed by atoms with Gasteiger partial charge in [0.05, 0.1) is 11.1 Å². The Labute approximate surface area is 152 Å². The summed E-state index contributed by atoms with van der Waals surface area (Å²) >= 11 is 0. The van der Waals surface area contributed by atoms with E-state index in [0.29, 0.717) is 5.56 Å². The van der Waals surface area contributed by atoms with Crippen LogP contribution < -0.4 is 4.74 Å². The lowest BCUT2D eigenvalue weighted by Crippen LogP contribution is -2.34. The number of ether oxygens (including phenoxy) is 2. The monoisotopic (exact) mass is 342 g/mol. The molecule has 0 amide bonds. The number of hydrogen-bond acceptors (Lipinski definition) is 3. The van der Waals surface area contributed by atoms with Crippen molar-refractivity contribution in [1.29, 1.82) is 0 Å². The van der Waals surface area contributed by atoms with E-state index in [1.54, 1.807) is 0 Å². The van der Waals surface area contributed by atoms with Crippen LogP contribution in [-0.4, -0.2) is 5.97 Å². The molecule has 0 saturated carbocycles. The summed E-state index contributed by atoms with van der Waals surface area (Å²) in [6.45, 7) is 6.12. The Bertz CT molecular complexity index is 1100. The van der Waals surface area contributed by atoms with E-state index in [1.807, 2.05) is 69.3 Å². The number of carbonyl (C=O) groups is 1. The minimum atomic E-state index is -0.956. The van der Waals surface area contributed by atoms with Gasteiger partial charge in [-0.2, -0.15) is 0 Å². The first-order valence-corrected chi connectivity index (χ1v) is 8.74. The summed E-state index contributed by atoms with van der Waals surface area (Å²) in [6, 6.07) is 17.8. The SMILES string of the molecule is Cc1ccc2c(c1)Oc1cc(C)cc(C)c1C21OC(=O)c2ccccc21. The Balaban J connectivity index is 1.94. The first kappa shape index (κ1) is 15.2. The van der Waals surface area contributed by atoms with Crippen LogP contribution in [0.2, 0.25) is 0 Å². The Morgan fingerprint density at radius 3 is 2.42 bits per heavy atom. The Kier molecular flexibility index (Phi) is 2.91. The fraction of sp³-hybridized carbons (Fsp3) is 0.174. The van der Waals surface area contributed by atoms with Gasteiger partial charge in [0.1, 0.15) is 11.5 Å². The first-order valence-electron chi connectivity index (χ1n) is 8.74. The summed E-state index contributed by atoms with van der Waals surface area (Å²) in [6.07, 6.45) is 0. The molecule has 1 spiro atoms. The second kappa shape index (κ2) is 4.98. The lowest BCUT2D eigenvalue weighted by atomic mass is 9.75. The van der Waals surface area contributed by atoms with Gasteiger partial charge < -0.3 is 9.47 Å². The highest BCUT2D eigenvalue weighted by molar-refractivity contribution is 5.97. The van der Waals surface area contributed by atoms with Crippen LogP contribution in [0.15, 0.2) is 54.6 Å². The van der Waals surface area contributed by atoms with Gasteiger partial charge in [0.25, 0.3) is 0 Å². The molecule has 5 rings (SSSR count). The number of carbonyl (C=O) groups excluding carboxylic acids is 1. The summed E-state index contributed by atoms with van der Waals surface area (Å²) in [5.41, 5.74) is 5.60. The van der Waals surface area contributed by atoms with Gasteiger partial charge in [-0.15, -0.1) is 0 Å². The normalized spacial score (nSPS) is 19.4. The number of esters is 1. The molecule has 0 aliphatic carbocycles. The summed E-state index contributed by atoms with van der Waals surface area (Å²) in [7, 11) is 0. The van der Waals surface area contributed by atoms with E-state index in [9.17, 15) is 4.79 Å². The molecule has 3 heteroatoms. The van der Waals surface area contributed by atoms with Crippen molar-refractivity contribution < 1.29 is 14.3 Å². The molecule has 3 nitrogen and oxygen atoms in total. The standard InChI is InChI=1S/C23H18O3/c1-13-8-9-18-19(11-13)25-20-12-14(2)10-15(3)21(20)23(18)17-7-5-4-6-16(17)22(24)26-23/h4-12H,1-3H3. The van der Waals surface area contributed by atoms with Gasteiger partial charge in [0.15, 0.2) is 5.60 Å². The summed E-state index contributed by atoms with van der Waals surface area (Å²) in [5.74, 6) is 1.21. The Hall–Kier alpha value is -3.07. The van der Waals surface area contributed by atoms with Gasteiger partial charge in [-0.25, -0.2) is 4.79 Å². The van der Waals surface area contributed by atoms with Crippen molar-refractivity contribution in [3.63, 3.8) is 0 Å². The lowest BCUT2D eigenvalue weighted by molar-refractivity contribution is 0.0222. The molecule has 2 aliphatic rings. The van der Waals surface area contributed by atoms with Crippen molar-refractivity contribution in [2.45, 2.75) is 26.4 Å². The van der Waals surface area contributed by atoms with E-state index >= 15 is 0 Å². The Morgan fingerprint density at radius 2 is 1.58 bits per heavy atom. The third kappa shape index (κ3) is 1.80. The average Bonchev–Trinajstić information content (AvgIpc) is 2.88. The fourth-order valence-corrected chi connectivity index (χ4v) is 4.32. The highest BCUT2D eigenvalue weighted by Gasteiger charge is 2.54. The molecule has 2 aliphatic heterocycles. The van der Waals surface area contributed by atoms with Crippen LogP contribution in [0.25, 0.3) is 0 Å². The predicted molar refractivity (Wildman–Crippen MR) is 98.9 cm³/mol. The molecule has 128 valence electrons. The zero-order valence-electron chi connectivity index (χ0n) is 14.9. The largest absolute Gasteiger partial charge is 0.456 e. The summed E-state index contributed by atoms with van der Waals surface area (Å²) < 4.78 is 12.4. The van der Waals surface area contributed by atoms with Crippen molar-refractivity contribution in [3.05, 3.63) is 93.5 Å². The smallest absolute Gasteiger partial charge is 0.340 e. The molecule has 0 radical (unpaired) electrons. The van der Waals surface area contributed by atoms with Crippen LogP contribution in [0.4, 0.5) is 0 Å². The van der Waals surface area contributed by atoms with Crippen molar-refractivity contribution in [1.82, 2.24) is 0 Å². The molecule has 0 bridgehead atoms. The molecule has 26 heavy (non-hydrogen) atoms. The number of hydrogen-bond donors (Lipinski definition) is 0. The maximum Gasteiger partial charge on any atom is 0.340 e. The number of fused-ring (bicyclic) bond motifs is 6. The zero-order chi connectivity index (χ0) is 18.1. The summed E-state index contributed by atoms with van der Waals surface area (Å²) in [4.78, 5) is 12.7. The number of benzene rings is 3. The van der Waals surface area contributed by atoms with E-state index < -0.39 is 5.60 Å². The van der Waals surface area contributed by atoms with Gasteiger partial charge in [0, 0.05) is 11.1 Å². The third-order valence-corrected chi connectivity index (χ3v) is 5.30. The first-order chi connectivity index (χ1) is 12.5. The molecule has 1 atom stereocenters. The van der Waals surface area contributed by atoms with E-state index in [1.165, 1.54) is 0 Å². The lowest BCUT2D eigenvalue weighted by Gasteiger charge is -2.38. The van der Waals surface area contributed by atoms with E-state index in [2.05, 4.69) is 6.07 Å². The predicted octanol–water partition coefficient (Wildman–Crippen LogP) is 5.18. The molecule has 0 aromatic heterocycles. The van der Waals surface area contributed by atoms with Gasteiger partial charge in [-0.1, -0.05) is 36.4 Å². The van der Waals surface area contributed by atoms with Crippen molar-refractivity contribution >= 4 is 5.97 Å². The van der Waals surface area contributed by atoms with E-state index in [0.717, 1.165) is 44.9 Å². The van der Waals surface area contributed by atoms with Gasteiger partial charge in [0.2, 0.25) is 0 Å². The van der Waals surface area contributed by atoms with Crippen LogP contribution >= 0.6 is 0 Å². The van der Waals surface area contributed by atoms with Crippen molar-refractivity contribution in [3.8, 4) is 11.5 Å². The molecule has 3 aromatic rings. The molecular formula is C23H18O3. The topological polar surface area (TPSA) is 35.5 Å². The van der Waals surface area contributed by atoms with Crippen molar-refractivity contribution in [2.75, 3.05) is 0 Å². The summed E-state index contributed by atoms with van der Waals surface area (Å²) in [5, 5.41) is 0. The fourth-order valence-electron chi connectivity index (χ4n) is 4.32. The van der Waals surface area contributed by atoms with E-state index in [4.69, 9.17) is 9.47 Å². The zero-order valence-corrected chi connectivity index (χ0v) is 14.9. The van der Waals surface area contributed by atoms with Gasteiger partial charge >= 0.3 is 5.97 Å². The molecule has 0 saturated heterocycles. The average molecular weight is 342 g/mol. The van der Waals surface area contributed by atoms with Crippen LogP contribution in [-0.2, 0) is 10.3 Å². The molecule has 0 N–H and O–H groups in total. The second-order valence-corrected chi connectivity index (χ2v) is 7.17. The maximum absolute atomic E-state index is 12.7. The molecular weight excluding hydrogens is 324 g/mol. The van der Waals surface area contributed by atoms with Crippen molar-refractivity contribution in [2.24, 2.45) is 0 Å². The maximum atomic E-state index is 12.7. The minimum Gasteiger partial charge on any atom is -0.456 e. The molecule has 1 unspecified atom stereocenters. The molecule has 0 fully saturated rings.